The Hall–Kier alpha value is -3.28. The third-order valence-corrected chi connectivity index (χ3v) is 5.96. The van der Waals surface area contributed by atoms with E-state index >= 15 is 0 Å². The van der Waals surface area contributed by atoms with E-state index in [1.54, 1.807) is 6.07 Å². The SMILES string of the molecule is Cc1[nH]c2cc([C@@H]3CCCCN3C(=O)c3cc(F)ccc3NS(C)(=O)=O)nn2c(=O)c1F. The van der Waals surface area contributed by atoms with E-state index in [0.29, 0.717) is 25.1 Å². The number of benzene rings is 1. The molecule has 12 heteroatoms. The highest BCUT2D eigenvalue weighted by molar-refractivity contribution is 7.92. The van der Waals surface area contributed by atoms with E-state index in [4.69, 9.17) is 0 Å². The van der Waals surface area contributed by atoms with Crippen LogP contribution in [0.25, 0.3) is 5.65 Å². The molecule has 2 N–H and O–H groups in total. The molecule has 1 amide bonds. The second-order valence-corrected chi connectivity index (χ2v) is 9.56. The van der Waals surface area contributed by atoms with Gasteiger partial charge >= 0.3 is 5.56 Å². The Morgan fingerprint density at radius 3 is 2.72 bits per heavy atom. The van der Waals surface area contributed by atoms with Crippen LogP contribution in [0.4, 0.5) is 14.5 Å². The number of likely N-dealkylation sites (tertiary alicyclic amines) is 1. The van der Waals surface area contributed by atoms with Crippen LogP contribution in [0, 0.1) is 18.6 Å². The zero-order valence-corrected chi connectivity index (χ0v) is 18.2. The second-order valence-electron chi connectivity index (χ2n) is 7.81. The van der Waals surface area contributed by atoms with Gasteiger partial charge in [0.05, 0.1) is 34.9 Å². The maximum absolute atomic E-state index is 14.0. The summed E-state index contributed by atoms with van der Waals surface area (Å²) in [6, 6.07) is 4.25. The molecule has 0 spiro atoms. The van der Waals surface area contributed by atoms with Crippen LogP contribution < -0.4 is 10.3 Å². The molecule has 1 fully saturated rings. The van der Waals surface area contributed by atoms with Gasteiger partial charge in [-0.15, -0.1) is 0 Å². The largest absolute Gasteiger partial charge is 0.341 e. The lowest BCUT2D eigenvalue weighted by Gasteiger charge is -2.35. The minimum absolute atomic E-state index is 0.0360. The van der Waals surface area contributed by atoms with Crippen LogP contribution in [0.5, 0.6) is 0 Å². The Kier molecular flexibility index (Phi) is 5.49. The highest BCUT2D eigenvalue weighted by atomic mass is 32.2. The van der Waals surface area contributed by atoms with E-state index in [-0.39, 0.29) is 22.6 Å². The molecule has 1 atom stereocenters. The summed E-state index contributed by atoms with van der Waals surface area (Å²) in [5, 5.41) is 4.22. The molecule has 32 heavy (non-hydrogen) atoms. The fourth-order valence-corrected chi connectivity index (χ4v) is 4.50. The van der Waals surface area contributed by atoms with Gasteiger partial charge in [0.25, 0.3) is 5.91 Å². The maximum Gasteiger partial charge on any atom is 0.310 e. The number of aryl methyl sites for hydroxylation is 1. The smallest absolute Gasteiger partial charge is 0.310 e. The first-order valence-electron chi connectivity index (χ1n) is 9.91. The molecule has 0 radical (unpaired) electrons. The Balaban J connectivity index is 1.76. The number of aromatic amines is 1. The minimum Gasteiger partial charge on any atom is -0.341 e. The number of amides is 1. The van der Waals surface area contributed by atoms with Gasteiger partial charge in [0.15, 0.2) is 0 Å². The van der Waals surface area contributed by atoms with Gasteiger partial charge < -0.3 is 9.88 Å². The summed E-state index contributed by atoms with van der Waals surface area (Å²) in [5.41, 5.74) is -0.338. The van der Waals surface area contributed by atoms with E-state index in [0.717, 1.165) is 29.3 Å². The molecular formula is C20H21F2N5O4S. The molecule has 0 saturated carbocycles. The molecule has 170 valence electrons. The summed E-state index contributed by atoms with van der Waals surface area (Å²) >= 11 is 0. The van der Waals surface area contributed by atoms with E-state index < -0.39 is 39.2 Å². The van der Waals surface area contributed by atoms with Crippen molar-refractivity contribution in [3.05, 3.63) is 63.2 Å². The molecule has 1 aromatic carbocycles. The van der Waals surface area contributed by atoms with Crippen molar-refractivity contribution < 1.29 is 22.0 Å². The molecule has 9 nitrogen and oxygen atoms in total. The Morgan fingerprint density at radius 1 is 1.25 bits per heavy atom. The Morgan fingerprint density at radius 2 is 2.00 bits per heavy atom. The number of carbonyl (C=O) groups is 1. The molecule has 3 heterocycles. The fraction of sp³-hybridized carbons (Fsp3) is 0.350. The molecule has 0 unspecified atom stereocenters. The van der Waals surface area contributed by atoms with E-state index in [1.807, 2.05) is 0 Å². The summed E-state index contributed by atoms with van der Waals surface area (Å²) in [7, 11) is -3.71. The number of aromatic nitrogens is 3. The van der Waals surface area contributed by atoms with Crippen molar-refractivity contribution in [3.63, 3.8) is 0 Å². The minimum atomic E-state index is -3.71. The lowest BCUT2D eigenvalue weighted by molar-refractivity contribution is 0.0606. The van der Waals surface area contributed by atoms with Gasteiger partial charge in [0.1, 0.15) is 11.5 Å². The van der Waals surface area contributed by atoms with Crippen molar-refractivity contribution in [1.82, 2.24) is 19.5 Å². The molecule has 1 aliphatic heterocycles. The normalized spacial score (nSPS) is 17.0. The standard InChI is InChI=1S/C20H21F2N5O4S/c1-11-18(22)20(29)27-17(23-11)10-15(24-27)16-5-3-4-8-26(16)19(28)13-9-12(21)6-7-14(13)25-32(2,30)31/h6-7,9-10,16,23,25H,3-5,8H2,1-2H3/t16-/m0/s1. The number of rotatable bonds is 4. The number of hydrogen-bond acceptors (Lipinski definition) is 5. The van der Waals surface area contributed by atoms with Crippen molar-refractivity contribution in [2.75, 3.05) is 17.5 Å². The van der Waals surface area contributed by atoms with Crippen molar-refractivity contribution in [2.45, 2.75) is 32.2 Å². The van der Waals surface area contributed by atoms with E-state index in [1.165, 1.54) is 17.9 Å². The van der Waals surface area contributed by atoms with Crippen molar-refractivity contribution in [1.29, 1.82) is 0 Å². The maximum atomic E-state index is 14.0. The van der Waals surface area contributed by atoms with Crippen LogP contribution in [0.3, 0.4) is 0 Å². The monoisotopic (exact) mass is 465 g/mol. The van der Waals surface area contributed by atoms with Gasteiger partial charge in [-0.3, -0.25) is 14.3 Å². The first-order valence-corrected chi connectivity index (χ1v) is 11.8. The number of carbonyl (C=O) groups excluding carboxylic acids is 1. The van der Waals surface area contributed by atoms with E-state index in [2.05, 4.69) is 14.8 Å². The number of piperidine rings is 1. The highest BCUT2D eigenvalue weighted by Gasteiger charge is 2.32. The van der Waals surface area contributed by atoms with Gasteiger partial charge in [0.2, 0.25) is 15.8 Å². The molecule has 1 aliphatic rings. The molecule has 3 aromatic rings. The van der Waals surface area contributed by atoms with Crippen molar-refractivity contribution in [3.8, 4) is 0 Å². The summed E-state index contributed by atoms with van der Waals surface area (Å²) in [4.78, 5) is 29.9. The Labute approximate surface area is 182 Å². The second kappa shape index (κ2) is 8.01. The average Bonchev–Trinajstić information content (AvgIpc) is 3.16. The molecule has 1 saturated heterocycles. The van der Waals surface area contributed by atoms with Crippen molar-refractivity contribution >= 4 is 27.3 Å². The number of anilines is 1. The zero-order chi connectivity index (χ0) is 23.2. The lowest BCUT2D eigenvalue weighted by Crippen LogP contribution is -2.39. The first-order chi connectivity index (χ1) is 15.0. The predicted molar refractivity (Wildman–Crippen MR) is 113 cm³/mol. The number of nitrogens with one attached hydrogen (secondary N) is 2. The number of fused-ring (bicyclic) bond motifs is 1. The zero-order valence-electron chi connectivity index (χ0n) is 17.4. The van der Waals surface area contributed by atoms with Gasteiger partial charge in [-0.05, 0) is 44.4 Å². The number of H-pyrrole nitrogens is 1. The molecule has 0 aliphatic carbocycles. The molecular weight excluding hydrogens is 444 g/mol. The quantitative estimate of drug-likeness (QED) is 0.614. The van der Waals surface area contributed by atoms with Gasteiger partial charge in [-0.25, -0.2) is 12.8 Å². The lowest BCUT2D eigenvalue weighted by atomic mass is 9.98. The molecule has 4 rings (SSSR count). The third-order valence-electron chi connectivity index (χ3n) is 5.37. The average molecular weight is 465 g/mol. The van der Waals surface area contributed by atoms with Crippen LogP contribution >= 0.6 is 0 Å². The third kappa shape index (κ3) is 4.09. The van der Waals surface area contributed by atoms with Gasteiger partial charge in [-0.2, -0.15) is 14.0 Å². The molecule has 2 aromatic heterocycles. The van der Waals surface area contributed by atoms with Gasteiger partial charge in [0, 0.05) is 12.6 Å². The van der Waals surface area contributed by atoms with E-state index in [9.17, 15) is 26.8 Å². The number of sulfonamides is 1. The topological polar surface area (TPSA) is 117 Å². The van der Waals surface area contributed by atoms with Crippen molar-refractivity contribution in [2.24, 2.45) is 0 Å². The van der Waals surface area contributed by atoms with Crippen LogP contribution in [0.2, 0.25) is 0 Å². The number of halogens is 2. The first kappa shape index (κ1) is 21.9. The highest BCUT2D eigenvalue weighted by Crippen LogP contribution is 2.33. The van der Waals surface area contributed by atoms with Gasteiger partial charge in [-0.1, -0.05) is 0 Å². The van der Waals surface area contributed by atoms with Crippen LogP contribution in [-0.2, 0) is 10.0 Å². The predicted octanol–water partition coefficient (Wildman–Crippen LogP) is 2.35. The fourth-order valence-electron chi connectivity index (χ4n) is 3.93. The van der Waals surface area contributed by atoms with Crippen LogP contribution in [0.1, 0.15) is 47.1 Å². The summed E-state index contributed by atoms with van der Waals surface area (Å²) in [6.45, 7) is 1.76. The molecule has 0 bridgehead atoms. The van der Waals surface area contributed by atoms with Crippen LogP contribution in [-0.4, -0.2) is 46.6 Å². The number of nitrogens with zero attached hydrogens (tertiary/aromatic N) is 3. The Bertz CT molecular complexity index is 1380. The summed E-state index contributed by atoms with van der Waals surface area (Å²) in [6.07, 6.45) is 2.92. The van der Waals surface area contributed by atoms with Crippen LogP contribution in [0.15, 0.2) is 29.1 Å². The summed E-state index contributed by atoms with van der Waals surface area (Å²) in [5.74, 6) is -2.21. The number of hydrogen-bond donors (Lipinski definition) is 2. The summed E-state index contributed by atoms with van der Waals surface area (Å²) < 4.78 is 54.5.